The number of hydrogen-bond donors (Lipinski definition) is 3. The topological polar surface area (TPSA) is 82.2 Å². The molecule has 1 heterocycles. The van der Waals surface area contributed by atoms with E-state index in [1.54, 1.807) is 0 Å². The van der Waals surface area contributed by atoms with Crippen LogP contribution in [0.5, 0.6) is 0 Å². The van der Waals surface area contributed by atoms with E-state index in [2.05, 4.69) is 31.1 Å². The van der Waals surface area contributed by atoms with E-state index in [4.69, 9.17) is 5.11 Å². The molecular weight excluding hydrogens is 376 g/mol. The van der Waals surface area contributed by atoms with Crippen molar-refractivity contribution >= 4 is 22.6 Å². The van der Waals surface area contributed by atoms with Crippen molar-refractivity contribution in [3.8, 4) is 0 Å². The quantitative estimate of drug-likeness (QED) is 0.580. The van der Waals surface area contributed by atoms with Gasteiger partial charge in [0.15, 0.2) is 0 Å². The summed E-state index contributed by atoms with van der Waals surface area (Å²) in [6, 6.07) is 8.03. The predicted octanol–water partition coefficient (Wildman–Crippen LogP) is 4.10. The summed E-state index contributed by atoms with van der Waals surface area (Å²) in [5, 5.41) is 13.0. The monoisotopic (exact) mass is 412 g/mol. The molecule has 0 saturated heterocycles. The fourth-order valence-corrected chi connectivity index (χ4v) is 5.11. The van der Waals surface area contributed by atoms with Crippen LogP contribution in [0.2, 0.25) is 0 Å². The van der Waals surface area contributed by atoms with Gasteiger partial charge in [0.1, 0.15) is 5.78 Å². The summed E-state index contributed by atoms with van der Waals surface area (Å²) in [6.07, 6.45) is 5.93. The van der Waals surface area contributed by atoms with Gasteiger partial charge in [-0.1, -0.05) is 45.4 Å². The lowest BCUT2D eigenvalue weighted by molar-refractivity contribution is -0.133. The predicted molar refractivity (Wildman–Crippen MR) is 120 cm³/mol. The number of aliphatic hydroxyl groups is 1. The zero-order valence-electron chi connectivity index (χ0n) is 18.5. The van der Waals surface area contributed by atoms with Crippen molar-refractivity contribution in [2.75, 3.05) is 13.2 Å². The molecule has 1 aliphatic carbocycles. The van der Waals surface area contributed by atoms with Crippen LogP contribution in [0.15, 0.2) is 30.5 Å². The number of H-pyrrole nitrogens is 1. The van der Waals surface area contributed by atoms with Crippen LogP contribution < -0.4 is 5.32 Å². The zero-order valence-corrected chi connectivity index (χ0v) is 18.5. The summed E-state index contributed by atoms with van der Waals surface area (Å²) in [7, 11) is 0. The molecule has 30 heavy (non-hydrogen) atoms. The van der Waals surface area contributed by atoms with E-state index in [1.165, 1.54) is 6.42 Å². The van der Waals surface area contributed by atoms with Gasteiger partial charge in [-0.15, -0.1) is 0 Å². The molecule has 1 aromatic heterocycles. The highest BCUT2D eigenvalue weighted by molar-refractivity contribution is 5.89. The van der Waals surface area contributed by atoms with E-state index in [-0.39, 0.29) is 37.2 Å². The highest BCUT2D eigenvalue weighted by atomic mass is 16.3. The van der Waals surface area contributed by atoms with E-state index in [0.29, 0.717) is 24.2 Å². The molecule has 5 nitrogen and oxygen atoms in total. The minimum Gasteiger partial charge on any atom is -0.395 e. The summed E-state index contributed by atoms with van der Waals surface area (Å²) in [6.45, 7) is 6.76. The number of aliphatic hydroxyl groups excluding tert-OH is 1. The van der Waals surface area contributed by atoms with Gasteiger partial charge in [0, 0.05) is 41.9 Å². The minimum absolute atomic E-state index is 0.0462. The van der Waals surface area contributed by atoms with Crippen molar-refractivity contribution in [1.82, 2.24) is 10.3 Å². The molecule has 0 radical (unpaired) electrons. The lowest BCUT2D eigenvalue weighted by atomic mass is 9.67. The van der Waals surface area contributed by atoms with Gasteiger partial charge in [-0.3, -0.25) is 9.59 Å². The van der Waals surface area contributed by atoms with Crippen LogP contribution >= 0.6 is 0 Å². The molecule has 1 fully saturated rings. The summed E-state index contributed by atoms with van der Waals surface area (Å²) in [5.41, 5.74) is 2.09. The van der Waals surface area contributed by atoms with E-state index in [0.717, 1.165) is 29.3 Å². The SMILES string of the molecule is CC(C)[C@@H]1CC[C@@H](C)C[C@H]1C(=O)C[C@@H](Cc1c[nH]c2ccccc12)C(=O)NCCO. The van der Waals surface area contributed by atoms with Crippen molar-refractivity contribution < 1.29 is 14.7 Å². The van der Waals surface area contributed by atoms with Crippen molar-refractivity contribution in [1.29, 1.82) is 0 Å². The zero-order chi connectivity index (χ0) is 21.7. The first kappa shape index (κ1) is 22.5. The highest BCUT2D eigenvalue weighted by Crippen LogP contribution is 2.39. The largest absolute Gasteiger partial charge is 0.395 e. The van der Waals surface area contributed by atoms with Gasteiger partial charge in [0.2, 0.25) is 5.91 Å². The molecule has 1 saturated carbocycles. The highest BCUT2D eigenvalue weighted by Gasteiger charge is 2.37. The molecule has 1 aliphatic rings. The van der Waals surface area contributed by atoms with E-state index in [9.17, 15) is 9.59 Å². The summed E-state index contributed by atoms with van der Waals surface area (Å²) in [5.74, 6) is 1.14. The number of hydrogen-bond acceptors (Lipinski definition) is 3. The third kappa shape index (κ3) is 5.31. The summed E-state index contributed by atoms with van der Waals surface area (Å²) in [4.78, 5) is 29.5. The maximum absolute atomic E-state index is 13.4. The number of benzene rings is 1. The molecule has 2 aromatic rings. The fourth-order valence-electron chi connectivity index (χ4n) is 5.11. The second kappa shape index (κ2) is 10.3. The Labute approximate surface area is 179 Å². The van der Waals surface area contributed by atoms with Crippen molar-refractivity contribution in [2.45, 2.75) is 52.9 Å². The molecule has 0 bridgehead atoms. The second-order valence-electron chi connectivity index (χ2n) is 9.38. The van der Waals surface area contributed by atoms with Crippen LogP contribution in [-0.4, -0.2) is 34.9 Å². The lowest BCUT2D eigenvalue weighted by Crippen LogP contribution is -2.38. The van der Waals surface area contributed by atoms with Gasteiger partial charge in [0.25, 0.3) is 0 Å². The molecule has 3 rings (SSSR count). The van der Waals surface area contributed by atoms with Gasteiger partial charge in [-0.25, -0.2) is 0 Å². The van der Waals surface area contributed by atoms with Gasteiger partial charge in [-0.2, -0.15) is 0 Å². The molecule has 5 heteroatoms. The lowest BCUT2D eigenvalue weighted by Gasteiger charge is -2.37. The Balaban J connectivity index is 1.79. The Morgan fingerprint density at radius 1 is 1.23 bits per heavy atom. The van der Waals surface area contributed by atoms with Gasteiger partial charge < -0.3 is 15.4 Å². The Morgan fingerprint density at radius 3 is 2.73 bits per heavy atom. The number of carbonyl (C=O) groups excluding carboxylic acids is 2. The van der Waals surface area contributed by atoms with Crippen LogP contribution in [0.25, 0.3) is 10.9 Å². The third-order valence-corrected chi connectivity index (χ3v) is 6.81. The van der Waals surface area contributed by atoms with Crippen LogP contribution in [0.3, 0.4) is 0 Å². The van der Waals surface area contributed by atoms with Crippen LogP contribution in [0.4, 0.5) is 0 Å². The van der Waals surface area contributed by atoms with Crippen LogP contribution in [0.1, 0.15) is 52.0 Å². The molecule has 1 amide bonds. The number of ketones is 1. The first-order chi connectivity index (χ1) is 14.4. The number of fused-ring (bicyclic) bond motifs is 1. The maximum Gasteiger partial charge on any atom is 0.223 e. The van der Waals surface area contributed by atoms with E-state index >= 15 is 0 Å². The first-order valence-electron chi connectivity index (χ1n) is 11.4. The number of amides is 1. The first-order valence-corrected chi connectivity index (χ1v) is 11.4. The smallest absolute Gasteiger partial charge is 0.223 e. The van der Waals surface area contributed by atoms with Crippen molar-refractivity contribution in [3.63, 3.8) is 0 Å². The molecule has 0 unspecified atom stereocenters. The number of aromatic nitrogens is 1. The Morgan fingerprint density at radius 2 is 2.00 bits per heavy atom. The number of rotatable bonds is 9. The van der Waals surface area contributed by atoms with Crippen molar-refractivity contribution in [3.05, 3.63) is 36.0 Å². The van der Waals surface area contributed by atoms with Crippen molar-refractivity contribution in [2.24, 2.45) is 29.6 Å². The third-order valence-electron chi connectivity index (χ3n) is 6.81. The summed E-state index contributed by atoms with van der Waals surface area (Å²) >= 11 is 0. The molecule has 4 atom stereocenters. The standard InChI is InChI=1S/C25H36N2O3/c1-16(2)20-9-8-17(3)12-22(20)24(29)14-18(25(30)26-10-11-28)13-19-15-27-23-7-5-4-6-21(19)23/h4-7,15-18,20,22,27-28H,8-14H2,1-3H3,(H,26,30)/t17-,18-,20+,22-/m1/s1. The fraction of sp³-hybridized carbons (Fsp3) is 0.600. The average Bonchev–Trinajstić information content (AvgIpc) is 3.14. The molecule has 0 aliphatic heterocycles. The number of carbonyl (C=O) groups is 2. The normalized spacial score (nSPS) is 22.9. The molecule has 0 spiro atoms. The summed E-state index contributed by atoms with van der Waals surface area (Å²) < 4.78 is 0. The van der Waals surface area contributed by atoms with E-state index in [1.807, 2.05) is 30.5 Å². The van der Waals surface area contributed by atoms with E-state index < -0.39 is 5.92 Å². The Bertz CT molecular complexity index is 857. The molecular formula is C25H36N2O3. The molecule has 1 aromatic carbocycles. The molecule has 164 valence electrons. The Kier molecular flexibility index (Phi) is 7.70. The number of para-hydroxylation sites is 1. The number of nitrogens with one attached hydrogen (secondary N) is 2. The Hall–Kier alpha value is -2.14. The number of Topliss-reactive ketones (excluding diaryl/α,β-unsaturated/α-hetero) is 1. The molecule has 3 N–H and O–H groups in total. The average molecular weight is 413 g/mol. The van der Waals surface area contributed by atoms with Gasteiger partial charge >= 0.3 is 0 Å². The van der Waals surface area contributed by atoms with Crippen LogP contribution in [0, 0.1) is 29.6 Å². The number of aromatic amines is 1. The van der Waals surface area contributed by atoms with Crippen LogP contribution in [-0.2, 0) is 16.0 Å². The van der Waals surface area contributed by atoms with Gasteiger partial charge in [0.05, 0.1) is 6.61 Å². The minimum atomic E-state index is -0.423. The van der Waals surface area contributed by atoms with Gasteiger partial charge in [-0.05, 0) is 48.6 Å². The maximum atomic E-state index is 13.4. The second-order valence-corrected chi connectivity index (χ2v) is 9.38.